The van der Waals surface area contributed by atoms with Crippen molar-refractivity contribution in [3.63, 3.8) is 0 Å². The summed E-state index contributed by atoms with van der Waals surface area (Å²) in [6.45, 7) is 5.10. The van der Waals surface area contributed by atoms with Crippen LogP contribution in [-0.2, 0) is 6.42 Å². The summed E-state index contributed by atoms with van der Waals surface area (Å²) in [4.78, 5) is 4.47. The van der Waals surface area contributed by atoms with Crippen molar-refractivity contribution in [3.8, 4) is 11.8 Å². The second-order valence-corrected chi connectivity index (χ2v) is 5.40. The fraction of sp³-hybridized carbons (Fsp3) is 0.353. The van der Waals surface area contributed by atoms with Gasteiger partial charge in [0.25, 0.3) is 0 Å². The summed E-state index contributed by atoms with van der Waals surface area (Å²) in [6, 6.07) is 8.72. The Bertz CT molecular complexity index is 658. The van der Waals surface area contributed by atoms with Gasteiger partial charge >= 0.3 is 0 Å². The highest BCUT2D eigenvalue weighted by molar-refractivity contribution is 5.59. The summed E-state index contributed by atoms with van der Waals surface area (Å²) in [7, 11) is 0. The van der Waals surface area contributed by atoms with Gasteiger partial charge in [0.05, 0.1) is 18.3 Å². The van der Waals surface area contributed by atoms with E-state index in [4.69, 9.17) is 9.47 Å². The summed E-state index contributed by atoms with van der Waals surface area (Å²) in [5, 5.41) is 3.36. The Morgan fingerprint density at radius 1 is 1.36 bits per heavy atom. The first-order chi connectivity index (χ1) is 10.7. The number of pyridine rings is 1. The van der Waals surface area contributed by atoms with Crippen molar-refractivity contribution in [1.82, 2.24) is 4.98 Å². The predicted octanol–water partition coefficient (Wildman–Crippen LogP) is 3.40. The number of halogens is 1. The van der Waals surface area contributed by atoms with Crippen LogP contribution in [0.4, 0.5) is 10.1 Å². The molecule has 0 saturated carbocycles. The largest absolute Gasteiger partial charge is 0.478 e. The molecule has 4 nitrogen and oxygen atoms in total. The molecule has 0 radical (unpaired) electrons. The Labute approximate surface area is 129 Å². The van der Waals surface area contributed by atoms with Crippen LogP contribution in [0.2, 0.25) is 0 Å². The third kappa shape index (κ3) is 3.13. The van der Waals surface area contributed by atoms with Gasteiger partial charge in [0.1, 0.15) is 12.4 Å². The van der Waals surface area contributed by atoms with Crippen molar-refractivity contribution in [2.24, 2.45) is 0 Å². The van der Waals surface area contributed by atoms with Gasteiger partial charge in [0, 0.05) is 12.0 Å². The monoisotopic (exact) mass is 302 g/mol. The van der Waals surface area contributed by atoms with E-state index in [1.54, 1.807) is 12.1 Å². The van der Waals surface area contributed by atoms with E-state index in [-0.39, 0.29) is 11.9 Å². The molecule has 1 aliphatic heterocycles. The van der Waals surface area contributed by atoms with E-state index >= 15 is 0 Å². The van der Waals surface area contributed by atoms with Crippen LogP contribution in [0.5, 0.6) is 11.8 Å². The summed E-state index contributed by atoms with van der Waals surface area (Å²) < 4.78 is 24.3. The number of hydrogen-bond donors (Lipinski definition) is 1. The number of benzene rings is 1. The molecule has 3 rings (SSSR count). The van der Waals surface area contributed by atoms with Crippen molar-refractivity contribution >= 4 is 5.69 Å². The number of nitrogens with zero attached hydrogens (tertiary/aromatic N) is 1. The number of fused-ring (bicyclic) bond motifs is 1. The Morgan fingerprint density at radius 2 is 2.14 bits per heavy atom. The maximum absolute atomic E-state index is 13.0. The third-order valence-corrected chi connectivity index (χ3v) is 3.49. The Balaban J connectivity index is 1.93. The topological polar surface area (TPSA) is 43.4 Å². The van der Waals surface area contributed by atoms with Gasteiger partial charge in [0.2, 0.25) is 11.8 Å². The lowest BCUT2D eigenvalue weighted by Gasteiger charge is -2.25. The Kier molecular flexibility index (Phi) is 4.13. The smallest absolute Gasteiger partial charge is 0.240 e. The lowest BCUT2D eigenvalue weighted by Crippen LogP contribution is -2.29. The van der Waals surface area contributed by atoms with E-state index in [0.29, 0.717) is 31.4 Å². The minimum absolute atomic E-state index is 0.235. The molecular formula is C17H19FN2O2. The number of anilines is 1. The number of hydrogen-bond acceptors (Lipinski definition) is 4. The van der Waals surface area contributed by atoms with Crippen molar-refractivity contribution in [3.05, 3.63) is 47.3 Å². The molecule has 1 aliphatic rings. The second-order valence-electron chi connectivity index (χ2n) is 5.40. The molecule has 1 atom stereocenters. The zero-order chi connectivity index (χ0) is 15.5. The van der Waals surface area contributed by atoms with E-state index in [9.17, 15) is 4.39 Å². The van der Waals surface area contributed by atoms with E-state index < -0.39 is 0 Å². The fourth-order valence-corrected chi connectivity index (χ4v) is 2.46. The molecular weight excluding hydrogens is 283 g/mol. The van der Waals surface area contributed by atoms with E-state index in [2.05, 4.69) is 17.2 Å². The number of aromatic nitrogens is 1. The number of ether oxygens (including phenoxy) is 2. The van der Waals surface area contributed by atoms with Crippen LogP contribution in [0, 0.1) is 5.82 Å². The van der Waals surface area contributed by atoms with Crippen LogP contribution in [0.1, 0.15) is 25.0 Å². The van der Waals surface area contributed by atoms with Crippen molar-refractivity contribution in [2.75, 3.05) is 18.5 Å². The van der Waals surface area contributed by atoms with Gasteiger partial charge in [0.15, 0.2) is 0 Å². The van der Waals surface area contributed by atoms with Gasteiger partial charge in [-0.15, -0.1) is 0 Å². The number of nitrogens with one attached hydrogen (secondary N) is 1. The van der Waals surface area contributed by atoms with Crippen LogP contribution < -0.4 is 14.8 Å². The molecule has 0 aliphatic carbocycles. The molecule has 0 saturated heterocycles. The average molecular weight is 302 g/mol. The van der Waals surface area contributed by atoms with Crippen LogP contribution in [-0.4, -0.2) is 24.2 Å². The highest BCUT2D eigenvalue weighted by Crippen LogP contribution is 2.33. The van der Waals surface area contributed by atoms with Gasteiger partial charge in [-0.2, -0.15) is 4.98 Å². The maximum Gasteiger partial charge on any atom is 0.240 e. The van der Waals surface area contributed by atoms with Gasteiger partial charge in [-0.05, 0) is 37.6 Å². The molecule has 0 amide bonds. The van der Waals surface area contributed by atoms with Crippen molar-refractivity contribution in [2.45, 2.75) is 26.3 Å². The molecule has 0 fully saturated rings. The highest BCUT2D eigenvalue weighted by Gasteiger charge is 2.20. The molecule has 0 bridgehead atoms. The van der Waals surface area contributed by atoms with E-state index in [1.165, 1.54) is 12.1 Å². The Hall–Kier alpha value is -2.30. The second kappa shape index (κ2) is 6.22. The summed E-state index contributed by atoms with van der Waals surface area (Å²) >= 11 is 0. The lowest BCUT2D eigenvalue weighted by molar-refractivity contribution is 0.268. The quantitative estimate of drug-likeness (QED) is 0.940. The molecule has 2 heterocycles. The van der Waals surface area contributed by atoms with Crippen LogP contribution >= 0.6 is 0 Å². The predicted molar refractivity (Wildman–Crippen MR) is 83.2 cm³/mol. The van der Waals surface area contributed by atoms with Gasteiger partial charge in [-0.1, -0.05) is 12.1 Å². The van der Waals surface area contributed by atoms with E-state index in [1.807, 2.05) is 13.0 Å². The third-order valence-electron chi connectivity index (χ3n) is 3.49. The van der Waals surface area contributed by atoms with Crippen LogP contribution in [0.25, 0.3) is 0 Å². The summed E-state index contributed by atoms with van der Waals surface area (Å²) in [5.74, 6) is 0.910. The number of rotatable bonds is 4. The molecule has 0 spiro atoms. The zero-order valence-corrected chi connectivity index (χ0v) is 12.7. The van der Waals surface area contributed by atoms with E-state index in [0.717, 1.165) is 16.8 Å². The first kappa shape index (κ1) is 14.6. The summed E-state index contributed by atoms with van der Waals surface area (Å²) in [6.07, 6.45) is 0.631. The van der Waals surface area contributed by atoms with Crippen molar-refractivity contribution < 1.29 is 13.9 Å². The standard InChI is InChI=1S/C17H19FN2O2/c1-3-21-16-13(8-12-4-6-14(18)7-5-12)9-15-17(20-16)22-10-11(2)19-15/h4-7,9,11,19H,3,8,10H2,1-2H3. The highest BCUT2D eigenvalue weighted by atomic mass is 19.1. The Morgan fingerprint density at radius 3 is 2.86 bits per heavy atom. The molecule has 1 aromatic carbocycles. The van der Waals surface area contributed by atoms with Crippen molar-refractivity contribution in [1.29, 1.82) is 0 Å². The average Bonchev–Trinajstić information content (AvgIpc) is 2.50. The molecule has 5 heteroatoms. The first-order valence-corrected chi connectivity index (χ1v) is 7.46. The molecule has 22 heavy (non-hydrogen) atoms. The maximum atomic E-state index is 13.0. The molecule has 116 valence electrons. The zero-order valence-electron chi connectivity index (χ0n) is 12.7. The molecule has 1 unspecified atom stereocenters. The minimum Gasteiger partial charge on any atom is -0.478 e. The van der Waals surface area contributed by atoms with Crippen LogP contribution in [0.3, 0.4) is 0 Å². The molecule has 1 aromatic heterocycles. The molecule has 1 N–H and O–H groups in total. The molecule has 2 aromatic rings. The lowest BCUT2D eigenvalue weighted by atomic mass is 10.1. The fourth-order valence-electron chi connectivity index (χ4n) is 2.46. The van der Waals surface area contributed by atoms with Gasteiger partial charge in [-0.25, -0.2) is 4.39 Å². The normalized spacial score (nSPS) is 16.4. The SMILES string of the molecule is CCOc1nc2c(cc1Cc1ccc(F)cc1)NC(C)CO2. The van der Waals surface area contributed by atoms with Crippen LogP contribution in [0.15, 0.2) is 30.3 Å². The first-order valence-electron chi connectivity index (χ1n) is 7.46. The van der Waals surface area contributed by atoms with Gasteiger partial charge < -0.3 is 14.8 Å². The minimum atomic E-state index is -0.235. The van der Waals surface area contributed by atoms with Gasteiger partial charge in [-0.3, -0.25) is 0 Å². The summed E-state index contributed by atoms with van der Waals surface area (Å²) in [5.41, 5.74) is 2.84.